The Labute approximate surface area is 179 Å². The maximum Gasteiger partial charge on any atom is 0.358 e. The summed E-state index contributed by atoms with van der Waals surface area (Å²) < 4.78 is 38.5. The number of aryl methyl sites for hydroxylation is 1. The van der Waals surface area contributed by atoms with E-state index in [1.54, 1.807) is 31.4 Å². The largest absolute Gasteiger partial charge is 0.744 e. The molecule has 0 aromatic heterocycles. The molecule has 3 aromatic carbocycles. The van der Waals surface area contributed by atoms with Crippen molar-refractivity contribution in [2.75, 3.05) is 7.11 Å². The van der Waals surface area contributed by atoms with Crippen LogP contribution in [-0.2, 0) is 10.1 Å². The van der Waals surface area contributed by atoms with E-state index in [4.69, 9.17) is 4.74 Å². The van der Waals surface area contributed by atoms with E-state index in [0.29, 0.717) is 0 Å². The summed E-state index contributed by atoms with van der Waals surface area (Å²) in [5.74, 6) is 0.821. The Balaban J connectivity index is 0.000000234. The second-order valence-corrected chi connectivity index (χ2v) is 10.2. The van der Waals surface area contributed by atoms with Crippen LogP contribution in [0, 0.1) is 24.2 Å². The van der Waals surface area contributed by atoms with Gasteiger partial charge < -0.3 is 9.29 Å². The molecular formula is C20H18INO6S. The minimum absolute atomic E-state index is 0.153. The second-order valence-electron chi connectivity index (χ2n) is 5.76. The number of nitro benzene ring substituents is 1. The molecule has 0 saturated carbocycles. The van der Waals surface area contributed by atoms with Crippen LogP contribution in [0.1, 0.15) is 5.56 Å². The van der Waals surface area contributed by atoms with Gasteiger partial charge in [-0.3, -0.25) is 10.1 Å². The fraction of sp³-hybridized carbons (Fsp3) is 0.100. The molecule has 0 aliphatic heterocycles. The summed E-state index contributed by atoms with van der Waals surface area (Å²) in [6.07, 6.45) is 0. The zero-order valence-corrected chi connectivity index (χ0v) is 18.6. The number of methoxy groups -OCH3 is 1. The second kappa shape index (κ2) is 10.3. The molecule has 0 unspecified atom stereocenters. The van der Waals surface area contributed by atoms with Crippen molar-refractivity contribution < 1.29 is 43.8 Å². The molecule has 0 aliphatic carbocycles. The van der Waals surface area contributed by atoms with E-state index in [9.17, 15) is 23.1 Å². The highest BCUT2D eigenvalue weighted by atomic mass is 127. The van der Waals surface area contributed by atoms with E-state index >= 15 is 0 Å². The minimum Gasteiger partial charge on any atom is -0.744 e. The van der Waals surface area contributed by atoms with Crippen LogP contribution in [0.5, 0.6) is 5.75 Å². The van der Waals surface area contributed by atoms with Crippen LogP contribution in [0.2, 0.25) is 0 Å². The number of halogens is 1. The van der Waals surface area contributed by atoms with Gasteiger partial charge in [-0.15, -0.1) is 0 Å². The van der Waals surface area contributed by atoms with Gasteiger partial charge in [-0.2, -0.15) is 0 Å². The highest BCUT2D eigenvalue weighted by Gasteiger charge is 2.18. The van der Waals surface area contributed by atoms with E-state index in [1.165, 1.54) is 21.8 Å². The molecule has 0 bridgehead atoms. The first-order valence-corrected chi connectivity index (χ1v) is 11.8. The zero-order chi connectivity index (χ0) is 21.4. The molecule has 0 atom stereocenters. The fourth-order valence-electron chi connectivity index (χ4n) is 2.11. The molecule has 0 spiro atoms. The van der Waals surface area contributed by atoms with Gasteiger partial charge in [-0.1, -0.05) is 23.8 Å². The number of ether oxygens (including phenoxy) is 1. The fourth-order valence-corrected chi connectivity index (χ4v) is 4.88. The molecular weight excluding hydrogens is 509 g/mol. The van der Waals surface area contributed by atoms with Crippen LogP contribution in [0.4, 0.5) is 5.69 Å². The Morgan fingerprint density at radius 3 is 2.07 bits per heavy atom. The first-order chi connectivity index (χ1) is 13.7. The van der Waals surface area contributed by atoms with E-state index in [-0.39, 0.29) is 15.5 Å². The summed E-state index contributed by atoms with van der Waals surface area (Å²) in [4.78, 5) is 10.2. The quantitative estimate of drug-likeness (QED) is 0.209. The number of nitrogens with zero attached hydrogens (tertiary/aromatic N) is 1. The molecule has 0 heterocycles. The van der Waals surface area contributed by atoms with Gasteiger partial charge in [0.05, 0.1) is 23.0 Å². The van der Waals surface area contributed by atoms with Gasteiger partial charge in [-0.05, 0) is 49.4 Å². The van der Waals surface area contributed by atoms with Gasteiger partial charge >= 0.3 is 21.2 Å². The van der Waals surface area contributed by atoms with Crippen LogP contribution in [0.25, 0.3) is 0 Å². The maximum atomic E-state index is 10.7. The van der Waals surface area contributed by atoms with Crippen LogP contribution in [-0.4, -0.2) is 25.0 Å². The molecule has 7 nitrogen and oxygen atoms in total. The Morgan fingerprint density at radius 1 is 0.931 bits per heavy atom. The summed E-state index contributed by atoms with van der Waals surface area (Å²) >= 11 is -0.392. The van der Waals surface area contributed by atoms with Crippen molar-refractivity contribution in [1.29, 1.82) is 0 Å². The number of rotatable bonds is 5. The van der Waals surface area contributed by atoms with Crippen molar-refractivity contribution in [3.63, 3.8) is 0 Å². The van der Waals surface area contributed by atoms with E-state index in [2.05, 4.69) is 0 Å². The highest BCUT2D eigenvalue weighted by Crippen LogP contribution is 2.09. The standard InChI is InChI=1S/C13H11INO3.C7H8O3S/c1-18-13-7-5-10(6-8-13)14-11-3-2-4-12(9-11)15(16)17;1-6-2-4-7(5-3-6)11(8,9)10/h2-9H,1H3;2-5H,1H3,(H,8,9,10)/q+1;/p-1. The smallest absolute Gasteiger partial charge is 0.358 e. The van der Waals surface area contributed by atoms with Crippen LogP contribution < -0.4 is 25.9 Å². The summed E-state index contributed by atoms with van der Waals surface area (Å²) in [5, 5.41) is 10.7. The average molecular weight is 527 g/mol. The molecule has 0 fully saturated rings. The summed E-state index contributed by atoms with van der Waals surface area (Å²) in [6, 6.07) is 20.4. The molecule has 152 valence electrons. The van der Waals surface area contributed by atoms with Gasteiger partial charge in [0.25, 0.3) is 5.69 Å². The third-order valence-electron chi connectivity index (χ3n) is 3.60. The van der Waals surface area contributed by atoms with Crippen molar-refractivity contribution in [3.05, 3.63) is 95.6 Å². The molecule has 29 heavy (non-hydrogen) atoms. The third-order valence-corrected chi connectivity index (χ3v) is 7.08. The lowest BCUT2D eigenvalue weighted by Crippen LogP contribution is -3.61. The predicted molar refractivity (Wildman–Crippen MR) is 103 cm³/mol. The Bertz CT molecular complexity index is 1070. The SMILES string of the molecule is COc1ccc([I+]c2cccc([N+](=O)[O-])c2)cc1.Cc1ccc(S(=O)(=O)[O-])cc1. The average Bonchev–Trinajstić information content (AvgIpc) is 2.69. The van der Waals surface area contributed by atoms with Crippen LogP contribution in [0.15, 0.2) is 77.7 Å². The first kappa shape index (κ1) is 22.8. The third kappa shape index (κ3) is 7.44. The molecule has 0 N–H and O–H groups in total. The number of benzene rings is 3. The van der Waals surface area contributed by atoms with Crippen molar-refractivity contribution >= 4 is 15.8 Å². The molecule has 0 aliphatic rings. The first-order valence-electron chi connectivity index (χ1n) is 8.25. The van der Waals surface area contributed by atoms with E-state index in [1.807, 2.05) is 37.3 Å². The van der Waals surface area contributed by atoms with Gasteiger partial charge in [0.1, 0.15) is 15.9 Å². The van der Waals surface area contributed by atoms with Crippen LogP contribution >= 0.6 is 0 Å². The zero-order valence-electron chi connectivity index (χ0n) is 15.6. The molecule has 3 aromatic rings. The van der Waals surface area contributed by atoms with E-state index < -0.39 is 31.3 Å². The van der Waals surface area contributed by atoms with Crippen molar-refractivity contribution in [1.82, 2.24) is 0 Å². The number of nitro groups is 1. The topological polar surface area (TPSA) is 110 Å². The summed E-state index contributed by atoms with van der Waals surface area (Å²) in [5.41, 5.74) is 1.08. The van der Waals surface area contributed by atoms with Crippen molar-refractivity contribution in [3.8, 4) is 5.75 Å². The molecule has 9 heteroatoms. The van der Waals surface area contributed by atoms with Crippen LogP contribution in [0.3, 0.4) is 0 Å². The maximum absolute atomic E-state index is 10.7. The number of hydrogen-bond acceptors (Lipinski definition) is 6. The lowest BCUT2D eigenvalue weighted by Gasteiger charge is -2.05. The normalized spacial score (nSPS) is 10.6. The molecule has 0 radical (unpaired) electrons. The summed E-state index contributed by atoms with van der Waals surface area (Å²) in [6.45, 7) is 1.82. The van der Waals surface area contributed by atoms with Gasteiger partial charge in [0.15, 0.2) is 3.57 Å². The molecule has 0 amide bonds. The van der Waals surface area contributed by atoms with E-state index in [0.717, 1.165) is 14.9 Å². The predicted octanol–water partition coefficient (Wildman–Crippen LogP) is 0.631. The number of non-ortho nitro benzene ring substituents is 1. The van der Waals surface area contributed by atoms with Gasteiger partial charge in [0, 0.05) is 6.07 Å². The van der Waals surface area contributed by atoms with Crippen molar-refractivity contribution in [2.45, 2.75) is 11.8 Å². The Morgan fingerprint density at radius 2 is 1.55 bits per heavy atom. The Kier molecular flexibility index (Phi) is 8.11. The van der Waals surface area contributed by atoms with Crippen molar-refractivity contribution in [2.24, 2.45) is 0 Å². The monoisotopic (exact) mass is 527 g/mol. The molecule has 0 saturated heterocycles. The van der Waals surface area contributed by atoms with Gasteiger partial charge in [-0.25, -0.2) is 8.42 Å². The lowest BCUT2D eigenvalue weighted by atomic mass is 10.2. The highest BCUT2D eigenvalue weighted by molar-refractivity contribution is 7.85. The molecule has 3 rings (SSSR count). The lowest BCUT2D eigenvalue weighted by molar-refractivity contribution is -0.597. The Hall–Kier alpha value is -2.50. The van der Waals surface area contributed by atoms with Gasteiger partial charge in [0.2, 0.25) is 3.57 Å². The minimum atomic E-state index is -4.27. The number of hydrogen-bond donors (Lipinski definition) is 0. The summed E-state index contributed by atoms with van der Waals surface area (Å²) in [7, 11) is -2.64.